The van der Waals surface area contributed by atoms with Gasteiger partial charge in [-0.15, -0.1) is 0 Å². The molecule has 5 nitrogen and oxygen atoms in total. The van der Waals surface area contributed by atoms with E-state index >= 15 is 0 Å². The molecule has 0 aliphatic rings. The Morgan fingerprint density at radius 2 is 1.76 bits per heavy atom. The van der Waals surface area contributed by atoms with E-state index < -0.39 is 0 Å². The van der Waals surface area contributed by atoms with Crippen molar-refractivity contribution in [2.75, 3.05) is 20.3 Å². The van der Waals surface area contributed by atoms with Crippen molar-refractivity contribution in [3.05, 3.63) is 48.0 Å². The molecule has 0 aromatic heterocycles. The molecule has 0 heterocycles. The van der Waals surface area contributed by atoms with Gasteiger partial charge in [-0.3, -0.25) is 0 Å². The van der Waals surface area contributed by atoms with E-state index in [4.69, 9.17) is 24.6 Å². The molecule has 108 valence electrons. The summed E-state index contributed by atoms with van der Waals surface area (Å²) in [5.74, 6) is 1.98. The van der Waals surface area contributed by atoms with E-state index in [9.17, 15) is 0 Å². The minimum absolute atomic E-state index is 0.120. The second-order valence-electron chi connectivity index (χ2n) is 4.10. The van der Waals surface area contributed by atoms with Crippen molar-refractivity contribution in [1.29, 1.82) is 5.26 Å². The van der Waals surface area contributed by atoms with E-state index in [0.29, 0.717) is 28.6 Å². The Morgan fingerprint density at radius 1 is 1.05 bits per heavy atom. The molecule has 0 radical (unpaired) electrons. The van der Waals surface area contributed by atoms with Crippen LogP contribution in [0.5, 0.6) is 23.0 Å². The van der Waals surface area contributed by atoms with Crippen LogP contribution in [0.1, 0.15) is 5.56 Å². The van der Waals surface area contributed by atoms with Gasteiger partial charge in [0.2, 0.25) is 0 Å². The summed E-state index contributed by atoms with van der Waals surface area (Å²) >= 11 is 0. The molecule has 0 aliphatic heterocycles. The lowest BCUT2D eigenvalue weighted by Gasteiger charge is -2.14. The summed E-state index contributed by atoms with van der Waals surface area (Å²) in [5, 5.41) is 17.8. The van der Waals surface area contributed by atoms with E-state index in [-0.39, 0.29) is 13.2 Å². The van der Waals surface area contributed by atoms with Crippen molar-refractivity contribution in [2.45, 2.75) is 0 Å². The van der Waals surface area contributed by atoms with Gasteiger partial charge in [0, 0.05) is 6.07 Å². The minimum atomic E-state index is -0.120. The fourth-order valence-corrected chi connectivity index (χ4v) is 1.75. The van der Waals surface area contributed by atoms with Gasteiger partial charge in [0.15, 0.2) is 23.0 Å². The van der Waals surface area contributed by atoms with Crippen LogP contribution >= 0.6 is 0 Å². The number of nitrogens with zero attached hydrogens (tertiary/aromatic N) is 1. The largest absolute Gasteiger partial charge is 0.493 e. The SMILES string of the molecule is COc1ccccc1Oc1ccc(C#N)cc1OCCO. The molecule has 0 unspecified atom stereocenters. The normalized spacial score (nSPS) is 9.76. The molecule has 0 atom stereocenters. The summed E-state index contributed by atoms with van der Waals surface area (Å²) in [7, 11) is 1.56. The van der Waals surface area contributed by atoms with Gasteiger partial charge >= 0.3 is 0 Å². The smallest absolute Gasteiger partial charge is 0.169 e. The average Bonchev–Trinajstić information content (AvgIpc) is 2.54. The van der Waals surface area contributed by atoms with Gasteiger partial charge in [-0.1, -0.05) is 12.1 Å². The van der Waals surface area contributed by atoms with Crippen molar-refractivity contribution in [1.82, 2.24) is 0 Å². The van der Waals surface area contributed by atoms with Crippen LogP contribution in [-0.4, -0.2) is 25.4 Å². The zero-order valence-electron chi connectivity index (χ0n) is 11.6. The maximum absolute atomic E-state index is 8.93. The van der Waals surface area contributed by atoms with Gasteiger partial charge in [0.1, 0.15) is 6.61 Å². The Labute approximate surface area is 122 Å². The monoisotopic (exact) mass is 285 g/mol. The zero-order valence-corrected chi connectivity index (χ0v) is 11.6. The third-order valence-corrected chi connectivity index (χ3v) is 2.71. The van der Waals surface area contributed by atoms with E-state index in [1.54, 1.807) is 37.4 Å². The highest BCUT2D eigenvalue weighted by Crippen LogP contribution is 2.36. The van der Waals surface area contributed by atoms with Crippen LogP contribution in [0.4, 0.5) is 0 Å². The first-order valence-corrected chi connectivity index (χ1v) is 6.37. The number of nitriles is 1. The maximum atomic E-state index is 8.93. The lowest BCUT2D eigenvalue weighted by molar-refractivity contribution is 0.197. The zero-order chi connectivity index (χ0) is 15.1. The predicted octanol–water partition coefficient (Wildman–Crippen LogP) is 2.73. The van der Waals surface area contributed by atoms with Crippen LogP contribution in [0.2, 0.25) is 0 Å². The van der Waals surface area contributed by atoms with E-state index in [1.165, 1.54) is 0 Å². The third-order valence-electron chi connectivity index (χ3n) is 2.71. The summed E-state index contributed by atoms with van der Waals surface area (Å²) in [6, 6.07) is 14.1. The number of ether oxygens (including phenoxy) is 3. The number of hydrogen-bond donors (Lipinski definition) is 1. The lowest BCUT2D eigenvalue weighted by atomic mass is 10.2. The van der Waals surface area contributed by atoms with Gasteiger partial charge in [-0.2, -0.15) is 5.26 Å². The van der Waals surface area contributed by atoms with Crippen LogP contribution < -0.4 is 14.2 Å². The average molecular weight is 285 g/mol. The highest BCUT2D eigenvalue weighted by Gasteiger charge is 2.10. The summed E-state index contributed by atoms with van der Waals surface area (Å²) < 4.78 is 16.4. The number of aliphatic hydroxyl groups excluding tert-OH is 1. The molecule has 0 saturated heterocycles. The van der Waals surface area contributed by atoms with Crippen LogP contribution in [0.3, 0.4) is 0 Å². The molecule has 2 aromatic carbocycles. The van der Waals surface area contributed by atoms with Gasteiger partial charge in [-0.25, -0.2) is 0 Å². The van der Waals surface area contributed by atoms with Crippen molar-refractivity contribution in [2.24, 2.45) is 0 Å². The topological polar surface area (TPSA) is 71.7 Å². The van der Waals surface area contributed by atoms with E-state index in [0.717, 1.165) is 0 Å². The molecular formula is C16H15NO4. The second kappa shape index (κ2) is 7.17. The first-order valence-electron chi connectivity index (χ1n) is 6.37. The van der Waals surface area contributed by atoms with Crippen LogP contribution in [0.15, 0.2) is 42.5 Å². The number of hydrogen-bond acceptors (Lipinski definition) is 5. The lowest BCUT2D eigenvalue weighted by Crippen LogP contribution is -2.03. The Morgan fingerprint density at radius 3 is 2.43 bits per heavy atom. The molecule has 2 aromatic rings. The Hall–Kier alpha value is -2.71. The van der Waals surface area contributed by atoms with Crippen LogP contribution in [-0.2, 0) is 0 Å². The van der Waals surface area contributed by atoms with Crippen LogP contribution in [0.25, 0.3) is 0 Å². The fourth-order valence-electron chi connectivity index (χ4n) is 1.75. The van der Waals surface area contributed by atoms with Gasteiger partial charge in [0.25, 0.3) is 0 Å². The molecule has 0 aliphatic carbocycles. The molecule has 1 N–H and O–H groups in total. The standard InChI is InChI=1S/C16H15NO4/c1-19-13-4-2-3-5-14(13)21-15-7-6-12(11-17)10-16(15)20-9-8-18/h2-7,10,18H,8-9H2,1H3. The summed E-state index contributed by atoms with van der Waals surface area (Å²) in [4.78, 5) is 0. The number of aliphatic hydroxyl groups is 1. The Bertz CT molecular complexity index is 649. The molecule has 0 saturated carbocycles. The Kier molecular flexibility index (Phi) is 5.02. The number of methoxy groups -OCH3 is 1. The number of para-hydroxylation sites is 2. The van der Waals surface area contributed by atoms with E-state index in [1.807, 2.05) is 18.2 Å². The summed E-state index contributed by atoms with van der Waals surface area (Å²) in [6.07, 6.45) is 0. The highest BCUT2D eigenvalue weighted by molar-refractivity contribution is 5.50. The molecule has 5 heteroatoms. The maximum Gasteiger partial charge on any atom is 0.169 e. The van der Waals surface area contributed by atoms with Crippen molar-refractivity contribution < 1.29 is 19.3 Å². The van der Waals surface area contributed by atoms with E-state index in [2.05, 4.69) is 0 Å². The molecule has 0 spiro atoms. The van der Waals surface area contributed by atoms with Crippen molar-refractivity contribution >= 4 is 0 Å². The molecular weight excluding hydrogens is 270 g/mol. The molecule has 0 amide bonds. The molecule has 0 bridgehead atoms. The quantitative estimate of drug-likeness (QED) is 0.883. The second-order valence-corrected chi connectivity index (χ2v) is 4.10. The van der Waals surface area contributed by atoms with Gasteiger partial charge in [0.05, 0.1) is 25.3 Å². The minimum Gasteiger partial charge on any atom is -0.493 e. The first kappa shape index (κ1) is 14.7. The highest BCUT2D eigenvalue weighted by atomic mass is 16.5. The van der Waals surface area contributed by atoms with Crippen LogP contribution in [0, 0.1) is 11.3 Å². The first-order chi connectivity index (χ1) is 10.3. The molecule has 21 heavy (non-hydrogen) atoms. The predicted molar refractivity (Wildman–Crippen MR) is 76.8 cm³/mol. The third kappa shape index (κ3) is 3.65. The fraction of sp³-hybridized carbons (Fsp3) is 0.188. The van der Waals surface area contributed by atoms with Crippen molar-refractivity contribution in [3.8, 4) is 29.1 Å². The Balaban J connectivity index is 2.32. The van der Waals surface area contributed by atoms with Gasteiger partial charge in [-0.05, 0) is 24.3 Å². The van der Waals surface area contributed by atoms with Gasteiger partial charge < -0.3 is 19.3 Å². The van der Waals surface area contributed by atoms with Crippen molar-refractivity contribution in [3.63, 3.8) is 0 Å². The summed E-state index contributed by atoms with van der Waals surface area (Å²) in [5.41, 5.74) is 0.454. The molecule has 0 fully saturated rings. The number of rotatable bonds is 6. The summed E-state index contributed by atoms with van der Waals surface area (Å²) in [6.45, 7) is 0.00203. The number of benzene rings is 2. The molecule has 2 rings (SSSR count).